The van der Waals surface area contributed by atoms with Crippen molar-refractivity contribution in [3.05, 3.63) is 60.7 Å². The highest BCUT2D eigenvalue weighted by Crippen LogP contribution is 2.48. The van der Waals surface area contributed by atoms with Crippen LogP contribution < -0.4 is 34.6 Å². The maximum absolute atomic E-state index is 2.37. The van der Waals surface area contributed by atoms with Crippen molar-refractivity contribution in [2.45, 2.75) is 0 Å². The van der Waals surface area contributed by atoms with Crippen LogP contribution in [0.25, 0.3) is 0 Å². The van der Waals surface area contributed by atoms with E-state index >= 15 is 0 Å². The minimum atomic E-state index is -1.15. The molecule has 0 spiro atoms. The minimum Gasteiger partial charge on any atom is -1.00 e. The van der Waals surface area contributed by atoms with E-state index in [9.17, 15) is 0 Å². The molecule has 2 aromatic rings. The van der Waals surface area contributed by atoms with Gasteiger partial charge in [0, 0.05) is 0 Å². The second-order valence-electron chi connectivity index (χ2n) is 4.12. The molecule has 0 aliphatic carbocycles. The van der Waals surface area contributed by atoms with Crippen LogP contribution in [0.2, 0.25) is 0 Å². The summed E-state index contributed by atoms with van der Waals surface area (Å²) in [6, 6.07) is 21.6. The Bertz CT molecular complexity index is 382. The van der Waals surface area contributed by atoms with Crippen LogP contribution >= 0.6 is 7.26 Å². The van der Waals surface area contributed by atoms with Gasteiger partial charge in [0.05, 0.1) is 31.2 Å². The van der Waals surface area contributed by atoms with Crippen molar-refractivity contribution >= 4 is 17.9 Å². The van der Waals surface area contributed by atoms with Crippen LogP contribution in [0.3, 0.4) is 0 Å². The molecule has 0 saturated carbocycles. The van der Waals surface area contributed by atoms with Gasteiger partial charge in [0.15, 0.2) is 0 Å². The van der Waals surface area contributed by atoms with E-state index in [1.165, 1.54) is 10.6 Å². The molecule has 0 heterocycles. The molecule has 2 heteroatoms. The molecular weight excluding hydrogens is 326 g/mol. The zero-order chi connectivity index (χ0) is 10.7. The lowest BCUT2D eigenvalue weighted by molar-refractivity contribution is -0.00000308. The lowest BCUT2D eigenvalue weighted by Crippen LogP contribution is -3.00. The average Bonchev–Trinajstić information content (AvgIpc) is 2.31. The minimum absolute atomic E-state index is 0. The Hall–Kier alpha value is -0.400. The van der Waals surface area contributed by atoms with Crippen LogP contribution in [0.1, 0.15) is 0 Å². The third-order valence-electron chi connectivity index (χ3n) is 2.80. The van der Waals surface area contributed by atoms with Gasteiger partial charge >= 0.3 is 0 Å². The molecule has 0 fully saturated rings. The first-order valence-corrected chi connectivity index (χ1v) is 7.85. The van der Waals surface area contributed by atoms with E-state index in [0.717, 1.165) is 0 Å². The van der Waals surface area contributed by atoms with Gasteiger partial charge in [-0.2, -0.15) is 0 Å². The predicted octanol–water partition coefficient (Wildman–Crippen LogP) is -0.0814. The first kappa shape index (κ1) is 13.7. The summed E-state index contributed by atoms with van der Waals surface area (Å²) in [5.74, 6) is 0. The van der Waals surface area contributed by atoms with Crippen LogP contribution in [0.5, 0.6) is 0 Å². The monoisotopic (exact) mass is 342 g/mol. The van der Waals surface area contributed by atoms with Crippen molar-refractivity contribution < 1.29 is 24.0 Å². The molecule has 0 N–H and O–H groups in total. The predicted molar refractivity (Wildman–Crippen MR) is 70.9 cm³/mol. The molecule has 0 bridgehead atoms. The third kappa shape index (κ3) is 2.83. The van der Waals surface area contributed by atoms with Crippen LogP contribution in [0, 0.1) is 0 Å². The number of rotatable bonds is 2. The van der Waals surface area contributed by atoms with E-state index in [1.807, 2.05) is 0 Å². The summed E-state index contributed by atoms with van der Waals surface area (Å²) >= 11 is 0. The first-order chi connectivity index (χ1) is 7.21. The Labute approximate surface area is 115 Å². The molecule has 0 aliphatic heterocycles. The molecule has 2 rings (SSSR count). The summed E-state index contributed by atoms with van der Waals surface area (Å²) in [4.78, 5) is 0. The van der Waals surface area contributed by atoms with E-state index in [0.29, 0.717) is 0 Å². The Morgan fingerprint density at radius 1 is 0.625 bits per heavy atom. The summed E-state index contributed by atoms with van der Waals surface area (Å²) in [5.41, 5.74) is 0. The van der Waals surface area contributed by atoms with Crippen LogP contribution in [0.15, 0.2) is 60.7 Å². The number of hydrogen-bond acceptors (Lipinski definition) is 0. The topological polar surface area (TPSA) is 0 Å². The standard InChI is InChI=1S/C14H16P.HI/c1-15(2,13-9-5-3-6-10-13)14-11-7-4-8-12-14;/h3-12H,1-2H3;1H/q+1;/p-1. The second-order valence-corrected chi connectivity index (χ2v) is 8.06. The number of halogens is 1. The van der Waals surface area contributed by atoms with E-state index in [1.54, 1.807) is 0 Å². The van der Waals surface area contributed by atoms with E-state index in [4.69, 9.17) is 0 Å². The molecule has 2 aromatic carbocycles. The average molecular weight is 342 g/mol. The number of benzene rings is 2. The van der Waals surface area contributed by atoms with E-state index in [-0.39, 0.29) is 24.0 Å². The Kier molecular flexibility index (Phi) is 4.94. The van der Waals surface area contributed by atoms with Crippen molar-refractivity contribution in [1.82, 2.24) is 0 Å². The van der Waals surface area contributed by atoms with Crippen molar-refractivity contribution in [2.75, 3.05) is 13.3 Å². The Morgan fingerprint density at radius 3 is 1.25 bits per heavy atom. The van der Waals surface area contributed by atoms with Crippen molar-refractivity contribution in [1.29, 1.82) is 0 Å². The van der Waals surface area contributed by atoms with Gasteiger partial charge in [0.2, 0.25) is 0 Å². The van der Waals surface area contributed by atoms with Crippen LogP contribution in [-0.4, -0.2) is 13.3 Å². The molecule has 0 radical (unpaired) electrons. The van der Waals surface area contributed by atoms with Crippen LogP contribution in [-0.2, 0) is 0 Å². The SMILES string of the molecule is C[P+](C)(c1ccccc1)c1ccccc1.[I-]. The lowest BCUT2D eigenvalue weighted by Gasteiger charge is -2.17. The summed E-state index contributed by atoms with van der Waals surface area (Å²) in [5, 5.41) is 2.94. The zero-order valence-electron chi connectivity index (χ0n) is 9.60. The van der Waals surface area contributed by atoms with Crippen LogP contribution in [0.4, 0.5) is 0 Å². The first-order valence-electron chi connectivity index (χ1n) is 5.16. The smallest absolute Gasteiger partial charge is 0.0985 e. The van der Waals surface area contributed by atoms with Crippen molar-refractivity contribution in [3.63, 3.8) is 0 Å². The van der Waals surface area contributed by atoms with Gasteiger partial charge in [-0.1, -0.05) is 36.4 Å². The normalized spacial score (nSPS) is 10.6. The quantitative estimate of drug-likeness (QED) is 0.529. The van der Waals surface area contributed by atoms with Gasteiger partial charge in [-0.05, 0) is 24.3 Å². The molecule has 0 unspecified atom stereocenters. The fourth-order valence-electron chi connectivity index (χ4n) is 1.75. The largest absolute Gasteiger partial charge is 1.00 e. The highest BCUT2D eigenvalue weighted by atomic mass is 127. The highest BCUT2D eigenvalue weighted by molar-refractivity contribution is 7.88. The fourth-order valence-corrected chi connectivity index (χ4v) is 3.88. The Balaban J connectivity index is 0.00000128. The molecule has 0 amide bonds. The summed E-state index contributed by atoms with van der Waals surface area (Å²) in [7, 11) is -1.15. The number of hydrogen-bond donors (Lipinski definition) is 0. The lowest BCUT2D eigenvalue weighted by atomic mass is 10.4. The Morgan fingerprint density at radius 2 is 0.938 bits per heavy atom. The second kappa shape index (κ2) is 5.79. The van der Waals surface area contributed by atoms with Gasteiger partial charge in [-0.3, -0.25) is 0 Å². The summed E-state index contributed by atoms with van der Waals surface area (Å²) < 4.78 is 0. The molecule has 0 atom stereocenters. The fraction of sp³-hybridized carbons (Fsp3) is 0.143. The molecule has 16 heavy (non-hydrogen) atoms. The van der Waals surface area contributed by atoms with Gasteiger partial charge < -0.3 is 24.0 Å². The molecule has 84 valence electrons. The molecule has 0 aliphatic rings. The molecule has 0 saturated heterocycles. The maximum Gasteiger partial charge on any atom is 0.0985 e. The van der Waals surface area contributed by atoms with Crippen molar-refractivity contribution in [3.8, 4) is 0 Å². The van der Waals surface area contributed by atoms with Gasteiger partial charge in [-0.25, -0.2) is 0 Å². The third-order valence-corrected chi connectivity index (χ3v) is 5.98. The van der Waals surface area contributed by atoms with E-state index in [2.05, 4.69) is 74.0 Å². The highest BCUT2D eigenvalue weighted by Gasteiger charge is 2.30. The van der Waals surface area contributed by atoms with Gasteiger partial charge in [0.25, 0.3) is 0 Å². The summed E-state index contributed by atoms with van der Waals surface area (Å²) in [6.45, 7) is 4.75. The summed E-state index contributed by atoms with van der Waals surface area (Å²) in [6.07, 6.45) is 0. The maximum atomic E-state index is 2.37. The van der Waals surface area contributed by atoms with Gasteiger partial charge in [-0.15, -0.1) is 0 Å². The molecule has 0 nitrogen and oxygen atoms in total. The van der Waals surface area contributed by atoms with E-state index < -0.39 is 7.26 Å². The zero-order valence-corrected chi connectivity index (χ0v) is 12.7. The molecule has 0 aromatic heterocycles. The van der Waals surface area contributed by atoms with Gasteiger partial charge in [0.1, 0.15) is 0 Å². The van der Waals surface area contributed by atoms with Crippen molar-refractivity contribution in [2.24, 2.45) is 0 Å². The molecular formula is C14H16IP.